The fourth-order valence-electron chi connectivity index (χ4n) is 1.04. The molecule has 0 unspecified atom stereocenters. The molecule has 1 N–H and O–H groups in total. The van der Waals surface area contributed by atoms with Crippen LogP contribution in [0.25, 0.3) is 0 Å². The van der Waals surface area contributed by atoms with Gasteiger partial charge in [0.25, 0.3) is 0 Å². The van der Waals surface area contributed by atoms with Crippen LogP contribution in [0.5, 0.6) is 0 Å². The van der Waals surface area contributed by atoms with Crippen molar-refractivity contribution in [2.75, 3.05) is 6.54 Å². The predicted octanol–water partition coefficient (Wildman–Crippen LogP) is 2.70. The first kappa shape index (κ1) is 11.2. The number of nitrogens with one attached hydrogen (secondary N) is 1. The number of rotatable bonds is 3. The van der Waals surface area contributed by atoms with Gasteiger partial charge in [0.1, 0.15) is 5.82 Å². The summed E-state index contributed by atoms with van der Waals surface area (Å²) in [5, 5.41) is 3.04. The first-order chi connectivity index (χ1) is 6.75. The highest BCUT2D eigenvalue weighted by Crippen LogP contribution is 2.18. The monoisotopic (exact) mass is 255 g/mol. The Morgan fingerprint density at radius 3 is 2.93 bits per heavy atom. The fraction of sp³-hybridized carbons (Fsp3) is 0.273. The number of halogens is 2. The summed E-state index contributed by atoms with van der Waals surface area (Å²) in [5.74, 6) is 5.43. The van der Waals surface area contributed by atoms with E-state index in [2.05, 4.69) is 33.1 Å². The maximum absolute atomic E-state index is 13.3. The molecule has 0 aromatic heterocycles. The van der Waals surface area contributed by atoms with Crippen molar-refractivity contribution in [1.82, 2.24) is 5.32 Å². The molecule has 0 aliphatic rings. The Hall–Kier alpha value is -0.850. The first-order valence-electron chi connectivity index (χ1n) is 4.29. The smallest absolute Gasteiger partial charge is 0.128 e. The lowest BCUT2D eigenvalue weighted by Gasteiger charge is -2.05. The summed E-state index contributed by atoms with van der Waals surface area (Å²) in [5.41, 5.74) is 0.644. The molecular formula is C11H11BrFN. The number of hydrogen-bond acceptors (Lipinski definition) is 1. The highest BCUT2D eigenvalue weighted by Gasteiger charge is 2.04. The van der Waals surface area contributed by atoms with Crippen LogP contribution in [0.3, 0.4) is 0 Å². The molecule has 0 amide bonds. The molecule has 0 heterocycles. The minimum atomic E-state index is -0.198. The summed E-state index contributed by atoms with van der Waals surface area (Å²) in [6, 6.07) is 4.95. The molecule has 0 aliphatic heterocycles. The molecule has 0 aliphatic carbocycles. The van der Waals surface area contributed by atoms with Crippen molar-refractivity contribution in [2.45, 2.75) is 13.5 Å². The maximum atomic E-state index is 13.3. The highest BCUT2D eigenvalue weighted by atomic mass is 79.9. The lowest BCUT2D eigenvalue weighted by Crippen LogP contribution is -2.14. The van der Waals surface area contributed by atoms with Gasteiger partial charge in [0.05, 0.1) is 6.54 Å². The molecule has 0 fully saturated rings. The van der Waals surface area contributed by atoms with Gasteiger partial charge in [-0.1, -0.05) is 27.9 Å². The van der Waals surface area contributed by atoms with Crippen molar-refractivity contribution in [1.29, 1.82) is 0 Å². The van der Waals surface area contributed by atoms with Crippen LogP contribution in [0.1, 0.15) is 12.5 Å². The molecule has 0 saturated carbocycles. The van der Waals surface area contributed by atoms with Crippen LogP contribution < -0.4 is 5.32 Å². The summed E-state index contributed by atoms with van der Waals surface area (Å²) in [4.78, 5) is 0. The number of benzene rings is 1. The van der Waals surface area contributed by atoms with E-state index >= 15 is 0 Å². The third-order valence-corrected chi connectivity index (χ3v) is 2.50. The van der Waals surface area contributed by atoms with Gasteiger partial charge in [0.15, 0.2) is 0 Å². The standard InChI is InChI=1S/C11H11BrFN/c1-2-3-7-14-8-9-10(12)5-4-6-11(9)13/h4-6,14H,7-8H2,1H3. The van der Waals surface area contributed by atoms with Crippen molar-refractivity contribution in [3.8, 4) is 11.8 Å². The van der Waals surface area contributed by atoms with Crippen molar-refractivity contribution >= 4 is 15.9 Å². The average molecular weight is 256 g/mol. The molecule has 0 saturated heterocycles. The maximum Gasteiger partial charge on any atom is 0.128 e. The topological polar surface area (TPSA) is 12.0 Å². The van der Waals surface area contributed by atoms with E-state index in [1.807, 2.05) is 6.07 Å². The zero-order chi connectivity index (χ0) is 10.4. The van der Waals surface area contributed by atoms with E-state index in [9.17, 15) is 4.39 Å². The number of hydrogen-bond donors (Lipinski definition) is 1. The second-order valence-electron chi connectivity index (χ2n) is 2.73. The minimum Gasteiger partial charge on any atom is -0.302 e. The molecule has 14 heavy (non-hydrogen) atoms. The molecule has 1 rings (SSSR count). The molecule has 0 spiro atoms. The van der Waals surface area contributed by atoms with Gasteiger partial charge in [-0.05, 0) is 19.1 Å². The Labute approximate surface area is 91.8 Å². The van der Waals surface area contributed by atoms with Gasteiger partial charge in [0.2, 0.25) is 0 Å². The van der Waals surface area contributed by atoms with E-state index < -0.39 is 0 Å². The van der Waals surface area contributed by atoms with Crippen molar-refractivity contribution in [3.05, 3.63) is 34.1 Å². The molecule has 1 aromatic carbocycles. The van der Waals surface area contributed by atoms with Crippen LogP contribution in [0.15, 0.2) is 22.7 Å². The molecule has 1 aromatic rings. The first-order valence-corrected chi connectivity index (χ1v) is 5.08. The van der Waals surface area contributed by atoms with Gasteiger partial charge in [-0.2, -0.15) is 0 Å². The molecule has 1 nitrogen and oxygen atoms in total. The molecule has 0 atom stereocenters. The Bertz CT molecular complexity index is 345. The summed E-state index contributed by atoms with van der Waals surface area (Å²) < 4.78 is 14.0. The van der Waals surface area contributed by atoms with Gasteiger partial charge in [-0.3, -0.25) is 0 Å². The van der Waals surface area contributed by atoms with Crippen molar-refractivity contribution in [2.24, 2.45) is 0 Å². The van der Waals surface area contributed by atoms with E-state index in [1.54, 1.807) is 13.0 Å². The Morgan fingerprint density at radius 2 is 2.29 bits per heavy atom. The quantitative estimate of drug-likeness (QED) is 0.647. The van der Waals surface area contributed by atoms with Gasteiger partial charge in [-0.25, -0.2) is 4.39 Å². The lowest BCUT2D eigenvalue weighted by molar-refractivity contribution is 0.595. The highest BCUT2D eigenvalue weighted by molar-refractivity contribution is 9.10. The van der Waals surface area contributed by atoms with Gasteiger partial charge < -0.3 is 5.32 Å². The summed E-state index contributed by atoms with van der Waals surface area (Å²) in [6.45, 7) is 2.85. The zero-order valence-corrected chi connectivity index (χ0v) is 9.49. The predicted molar refractivity (Wildman–Crippen MR) is 59.3 cm³/mol. The van der Waals surface area contributed by atoms with Gasteiger partial charge in [0, 0.05) is 16.6 Å². The molecule has 0 bridgehead atoms. The van der Waals surface area contributed by atoms with Crippen LogP contribution in [-0.4, -0.2) is 6.54 Å². The molecule has 0 radical (unpaired) electrons. The van der Waals surface area contributed by atoms with E-state index in [4.69, 9.17) is 0 Å². The molecular weight excluding hydrogens is 245 g/mol. The summed E-state index contributed by atoms with van der Waals surface area (Å²) >= 11 is 3.30. The van der Waals surface area contributed by atoms with Crippen LogP contribution in [0.2, 0.25) is 0 Å². The largest absolute Gasteiger partial charge is 0.302 e. The summed E-state index contributed by atoms with van der Waals surface area (Å²) in [7, 11) is 0. The van der Waals surface area contributed by atoms with E-state index in [0.29, 0.717) is 18.7 Å². The van der Waals surface area contributed by atoms with E-state index in [1.165, 1.54) is 6.07 Å². The van der Waals surface area contributed by atoms with E-state index in [0.717, 1.165) is 4.47 Å². The third-order valence-electron chi connectivity index (χ3n) is 1.75. The van der Waals surface area contributed by atoms with Crippen LogP contribution in [0.4, 0.5) is 4.39 Å². The Morgan fingerprint density at radius 1 is 1.50 bits per heavy atom. The Kier molecular flexibility index (Phi) is 4.64. The van der Waals surface area contributed by atoms with Crippen LogP contribution in [0, 0.1) is 17.7 Å². The lowest BCUT2D eigenvalue weighted by atomic mass is 10.2. The molecule has 3 heteroatoms. The second-order valence-corrected chi connectivity index (χ2v) is 3.58. The normalized spacial score (nSPS) is 9.36. The van der Waals surface area contributed by atoms with Gasteiger partial charge >= 0.3 is 0 Å². The minimum absolute atomic E-state index is 0.198. The molecule has 74 valence electrons. The van der Waals surface area contributed by atoms with Crippen molar-refractivity contribution in [3.63, 3.8) is 0 Å². The average Bonchev–Trinajstić information content (AvgIpc) is 2.16. The van der Waals surface area contributed by atoms with Crippen LogP contribution in [-0.2, 0) is 6.54 Å². The fourth-order valence-corrected chi connectivity index (χ4v) is 1.52. The second kappa shape index (κ2) is 5.79. The SMILES string of the molecule is CC#CCNCc1c(F)cccc1Br. The zero-order valence-electron chi connectivity index (χ0n) is 7.90. The van der Waals surface area contributed by atoms with Gasteiger partial charge in [-0.15, -0.1) is 5.92 Å². The van der Waals surface area contributed by atoms with E-state index in [-0.39, 0.29) is 5.82 Å². The Balaban J connectivity index is 2.60. The summed E-state index contributed by atoms with van der Waals surface area (Å²) in [6.07, 6.45) is 0. The van der Waals surface area contributed by atoms with Crippen molar-refractivity contribution < 1.29 is 4.39 Å². The van der Waals surface area contributed by atoms with Crippen LogP contribution >= 0.6 is 15.9 Å². The third kappa shape index (κ3) is 3.13.